The predicted octanol–water partition coefficient (Wildman–Crippen LogP) is 5.53. The molecule has 0 fully saturated rings. The van der Waals surface area contributed by atoms with E-state index in [0.29, 0.717) is 27.6 Å². The molecule has 4 aromatic carbocycles. The third-order valence-electron chi connectivity index (χ3n) is 5.69. The number of halogens is 1. The fourth-order valence-corrected chi connectivity index (χ4v) is 5.86. The SMILES string of the molecule is Cc1ccc(NS(=O)(=O)c2ccc(NC(=O)c3ccc(N(C)S(=O)(=O)c4ccc(Cl)cc4)cc3)cc2)cc1. The highest BCUT2D eigenvalue weighted by atomic mass is 35.5. The van der Waals surface area contributed by atoms with Gasteiger partial charge in [0.1, 0.15) is 0 Å². The normalized spacial score (nSPS) is 11.6. The Balaban J connectivity index is 1.42. The molecule has 0 radical (unpaired) electrons. The summed E-state index contributed by atoms with van der Waals surface area (Å²) >= 11 is 5.85. The van der Waals surface area contributed by atoms with E-state index >= 15 is 0 Å². The summed E-state index contributed by atoms with van der Waals surface area (Å²) < 4.78 is 54.7. The number of anilines is 3. The van der Waals surface area contributed by atoms with Crippen molar-refractivity contribution >= 4 is 54.6 Å². The van der Waals surface area contributed by atoms with Crippen LogP contribution in [0.25, 0.3) is 0 Å². The highest BCUT2D eigenvalue weighted by Crippen LogP contribution is 2.24. The zero-order valence-electron chi connectivity index (χ0n) is 20.4. The first-order valence-corrected chi connectivity index (χ1v) is 14.6. The largest absolute Gasteiger partial charge is 0.322 e. The third-order valence-corrected chi connectivity index (χ3v) is 9.14. The fourth-order valence-electron chi connectivity index (χ4n) is 3.48. The number of nitrogens with zero attached hydrogens (tertiary/aromatic N) is 1. The van der Waals surface area contributed by atoms with Crippen LogP contribution >= 0.6 is 11.6 Å². The molecule has 0 atom stereocenters. The van der Waals surface area contributed by atoms with Gasteiger partial charge < -0.3 is 5.32 Å². The summed E-state index contributed by atoms with van der Waals surface area (Å²) in [6, 6.07) is 24.6. The number of hydrogen-bond donors (Lipinski definition) is 2. The number of amides is 1. The molecule has 11 heteroatoms. The number of nitrogens with one attached hydrogen (secondary N) is 2. The van der Waals surface area contributed by atoms with Gasteiger partial charge in [0.15, 0.2) is 0 Å². The van der Waals surface area contributed by atoms with Gasteiger partial charge in [-0.05, 0) is 91.9 Å². The second-order valence-electron chi connectivity index (χ2n) is 8.42. The van der Waals surface area contributed by atoms with E-state index < -0.39 is 26.0 Å². The standard InChI is InChI=1S/C27H24ClN3O5S2/c1-19-3-9-23(10-4-19)30-37(33,34)25-17-11-22(12-18-25)29-27(32)20-5-13-24(14-6-20)31(2)38(35,36)26-15-7-21(28)8-16-26/h3-18,30H,1-2H3,(H,29,32). The minimum absolute atomic E-state index is 0.0466. The quantitative estimate of drug-likeness (QED) is 0.290. The number of rotatable bonds is 8. The minimum Gasteiger partial charge on any atom is -0.322 e. The van der Waals surface area contributed by atoms with Gasteiger partial charge in [-0.1, -0.05) is 29.3 Å². The molecule has 4 rings (SSSR count). The zero-order valence-corrected chi connectivity index (χ0v) is 22.8. The second-order valence-corrected chi connectivity index (χ2v) is 12.5. The number of sulfonamides is 2. The Morgan fingerprint density at radius 2 is 1.24 bits per heavy atom. The molecule has 0 aromatic heterocycles. The summed E-state index contributed by atoms with van der Waals surface area (Å²) in [4.78, 5) is 12.8. The number of hydrogen-bond acceptors (Lipinski definition) is 5. The molecule has 8 nitrogen and oxygen atoms in total. The summed E-state index contributed by atoms with van der Waals surface area (Å²) in [7, 11) is -6.18. The Bertz CT molecular complexity index is 1660. The van der Waals surface area contributed by atoms with Gasteiger partial charge >= 0.3 is 0 Å². The summed E-state index contributed by atoms with van der Waals surface area (Å²) in [5, 5.41) is 3.13. The monoisotopic (exact) mass is 569 g/mol. The molecule has 0 aliphatic carbocycles. The lowest BCUT2D eigenvalue weighted by Gasteiger charge is -2.20. The van der Waals surface area contributed by atoms with Gasteiger partial charge in [0, 0.05) is 29.0 Å². The molecule has 0 aliphatic heterocycles. The second kappa shape index (κ2) is 10.9. The van der Waals surface area contributed by atoms with Crippen molar-refractivity contribution in [2.75, 3.05) is 21.4 Å². The molecule has 0 saturated carbocycles. The summed E-state index contributed by atoms with van der Waals surface area (Å²) in [5.74, 6) is -0.437. The Morgan fingerprint density at radius 3 is 1.82 bits per heavy atom. The smallest absolute Gasteiger partial charge is 0.264 e. The highest BCUT2D eigenvalue weighted by Gasteiger charge is 2.21. The molecule has 0 aliphatic rings. The molecular weight excluding hydrogens is 546 g/mol. The molecule has 0 spiro atoms. The van der Waals surface area contributed by atoms with Crippen molar-refractivity contribution in [3.8, 4) is 0 Å². The first-order valence-electron chi connectivity index (χ1n) is 11.3. The van der Waals surface area contributed by atoms with Crippen molar-refractivity contribution in [3.05, 3.63) is 113 Å². The first kappa shape index (κ1) is 27.2. The van der Waals surface area contributed by atoms with Crippen LogP contribution in [-0.4, -0.2) is 29.8 Å². The van der Waals surface area contributed by atoms with E-state index in [-0.39, 0.29) is 9.79 Å². The van der Waals surface area contributed by atoms with Crippen LogP contribution in [0.15, 0.2) is 107 Å². The average molecular weight is 570 g/mol. The van der Waals surface area contributed by atoms with Gasteiger partial charge in [-0.25, -0.2) is 16.8 Å². The number of aryl methyl sites for hydroxylation is 1. The third kappa shape index (κ3) is 6.16. The van der Waals surface area contributed by atoms with Crippen LogP contribution in [0.3, 0.4) is 0 Å². The Labute approximate surface area is 227 Å². The van der Waals surface area contributed by atoms with Gasteiger partial charge in [-0.3, -0.25) is 13.8 Å². The van der Waals surface area contributed by atoms with Crippen LogP contribution in [0.1, 0.15) is 15.9 Å². The van der Waals surface area contributed by atoms with Crippen LogP contribution in [0.4, 0.5) is 17.1 Å². The Hall–Kier alpha value is -3.86. The van der Waals surface area contributed by atoms with Crippen LogP contribution in [0.5, 0.6) is 0 Å². The summed E-state index contributed by atoms with van der Waals surface area (Å²) in [6.45, 7) is 1.91. The topological polar surface area (TPSA) is 113 Å². The van der Waals surface area contributed by atoms with Gasteiger partial charge in [-0.2, -0.15) is 0 Å². The van der Waals surface area contributed by atoms with Crippen molar-refractivity contribution < 1.29 is 21.6 Å². The van der Waals surface area contributed by atoms with Crippen LogP contribution in [0, 0.1) is 6.92 Å². The minimum atomic E-state index is -3.81. The molecule has 0 unspecified atom stereocenters. The van der Waals surface area contributed by atoms with Crippen molar-refractivity contribution in [2.24, 2.45) is 0 Å². The lowest BCUT2D eigenvalue weighted by atomic mass is 10.2. The molecule has 0 saturated heterocycles. The van der Waals surface area contributed by atoms with E-state index in [4.69, 9.17) is 11.6 Å². The van der Waals surface area contributed by atoms with Crippen molar-refractivity contribution in [2.45, 2.75) is 16.7 Å². The molecule has 0 heterocycles. The van der Waals surface area contributed by atoms with Crippen molar-refractivity contribution in [1.29, 1.82) is 0 Å². The maximum Gasteiger partial charge on any atom is 0.264 e. The lowest BCUT2D eigenvalue weighted by Crippen LogP contribution is -2.26. The predicted molar refractivity (Wildman–Crippen MR) is 150 cm³/mol. The van der Waals surface area contributed by atoms with E-state index in [1.54, 1.807) is 24.3 Å². The maximum absolute atomic E-state index is 12.9. The van der Waals surface area contributed by atoms with E-state index in [0.717, 1.165) is 9.87 Å². The number of carbonyl (C=O) groups is 1. The van der Waals surface area contributed by atoms with E-state index in [9.17, 15) is 21.6 Å². The summed E-state index contributed by atoms with van der Waals surface area (Å²) in [5.41, 5.74) is 2.52. The van der Waals surface area contributed by atoms with Gasteiger partial charge in [-0.15, -0.1) is 0 Å². The summed E-state index contributed by atoms with van der Waals surface area (Å²) in [6.07, 6.45) is 0. The average Bonchev–Trinajstić information content (AvgIpc) is 2.90. The molecule has 38 heavy (non-hydrogen) atoms. The molecule has 1 amide bonds. The van der Waals surface area contributed by atoms with Crippen LogP contribution < -0.4 is 14.3 Å². The zero-order chi connectivity index (χ0) is 27.5. The molecule has 196 valence electrons. The van der Waals surface area contributed by atoms with Crippen molar-refractivity contribution in [3.63, 3.8) is 0 Å². The maximum atomic E-state index is 12.9. The van der Waals surface area contributed by atoms with E-state index in [2.05, 4.69) is 10.0 Å². The fraction of sp³-hybridized carbons (Fsp3) is 0.0741. The van der Waals surface area contributed by atoms with Crippen LogP contribution in [0.2, 0.25) is 5.02 Å². The van der Waals surface area contributed by atoms with Gasteiger partial charge in [0.25, 0.3) is 26.0 Å². The molecule has 4 aromatic rings. The van der Waals surface area contributed by atoms with Gasteiger partial charge in [0.05, 0.1) is 15.5 Å². The van der Waals surface area contributed by atoms with E-state index in [1.165, 1.54) is 79.8 Å². The first-order chi connectivity index (χ1) is 18.0. The number of carbonyl (C=O) groups excluding carboxylic acids is 1. The van der Waals surface area contributed by atoms with Crippen LogP contribution in [-0.2, 0) is 20.0 Å². The lowest BCUT2D eigenvalue weighted by molar-refractivity contribution is 0.102. The highest BCUT2D eigenvalue weighted by molar-refractivity contribution is 7.93. The number of benzene rings is 4. The molecule has 0 bridgehead atoms. The van der Waals surface area contributed by atoms with Crippen molar-refractivity contribution in [1.82, 2.24) is 0 Å². The molecule has 2 N–H and O–H groups in total. The van der Waals surface area contributed by atoms with Gasteiger partial charge in [0.2, 0.25) is 0 Å². The van der Waals surface area contributed by atoms with E-state index in [1.807, 2.05) is 6.92 Å². The Kier molecular flexibility index (Phi) is 7.77. The Morgan fingerprint density at radius 1 is 0.711 bits per heavy atom. The molecular formula is C27H24ClN3O5S2.